The summed E-state index contributed by atoms with van der Waals surface area (Å²) in [6, 6.07) is 0. The number of hydrogen-bond acceptors (Lipinski definition) is 2. The summed E-state index contributed by atoms with van der Waals surface area (Å²) in [5.41, 5.74) is 0. The number of sulfonamides is 1. The molecule has 0 aromatic heterocycles. The van der Waals surface area contributed by atoms with Crippen molar-refractivity contribution in [1.29, 1.82) is 0 Å². The SMILES string of the molecule is C/C=C\S([NH])(=O)=O. The zero-order valence-corrected chi connectivity index (χ0v) is 4.70. The number of nitrogens with one attached hydrogen (secondary N) is 1. The van der Waals surface area contributed by atoms with Crippen LogP contribution < -0.4 is 5.14 Å². The molecule has 0 aliphatic heterocycles. The molecule has 0 bridgehead atoms. The van der Waals surface area contributed by atoms with E-state index in [0.717, 1.165) is 5.41 Å². The van der Waals surface area contributed by atoms with Gasteiger partial charge >= 0.3 is 0 Å². The van der Waals surface area contributed by atoms with Crippen molar-refractivity contribution in [2.45, 2.75) is 6.92 Å². The summed E-state index contributed by atoms with van der Waals surface area (Å²) in [6.45, 7) is 1.55. The summed E-state index contributed by atoms with van der Waals surface area (Å²) >= 11 is 0. The third-order valence-corrected chi connectivity index (χ3v) is 0.946. The molecule has 0 rings (SSSR count). The average Bonchev–Trinajstić information content (AvgIpc) is 1.30. The zero-order chi connectivity index (χ0) is 5.91. The van der Waals surface area contributed by atoms with E-state index in [1.807, 2.05) is 0 Å². The molecule has 7 heavy (non-hydrogen) atoms. The predicted octanol–water partition coefficient (Wildman–Crippen LogP) is 0.133. The molecule has 3 nitrogen and oxygen atoms in total. The van der Waals surface area contributed by atoms with Gasteiger partial charge in [0.1, 0.15) is 0 Å². The lowest BCUT2D eigenvalue weighted by Crippen LogP contribution is -1.91. The van der Waals surface area contributed by atoms with Crippen molar-refractivity contribution in [3.63, 3.8) is 0 Å². The Bertz CT molecular complexity index is 156. The zero-order valence-electron chi connectivity index (χ0n) is 3.88. The third-order valence-electron chi connectivity index (χ3n) is 0.315. The van der Waals surface area contributed by atoms with Gasteiger partial charge < -0.3 is 0 Å². The van der Waals surface area contributed by atoms with Crippen LogP contribution in [0.4, 0.5) is 0 Å². The van der Waals surface area contributed by atoms with Crippen LogP contribution in [0.15, 0.2) is 11.5 Å². The molecule has 0 fully saturated rings. The Hall–Kier alpha value is -0.350. The lowest BCUT2D eigenvalue weighted by atomic mass is 10.8. The Morgan fingerprint density at radius 3 is 2.00 bits per heavy atom. The van der Waals surface area contributed by atoms with Crippen LogP contribution in [0.25, 0.3) is 0 Å². The van der Waals surface area contributed by atoms with Crippen molar-refractivity contribution in [3.05, 3.63) is 11.5 Å². The van der Waals surface area contributed by atoms with Crippen LogP contribution in [0, 0.1) is 0 Å². The molecular weight excluding hydrogens is 114 g/mol. The molecule has 0 saturated heterocycles. The minimum Gasteiger partial charge on any atom is -0.206 e. The van der Waals surface area contributed by atoms with Gasteiger partial charge in [0.25, 0.3) is 0 Å². The second kappa shape index (κ2) is 2.09. The fraction of sp³-hybridized carbons (Fsp3) is 0.333. The maximum atomic E-state index is 9.81. The first-order valence-electron chi connectivity index (χ1n) is 1.68. The molecule has 4 heteroatoms. The summed E-state index contributed by atoms with van der Waals surface area (Å²) in [5.74, 6) is 0. The molecule has 1 radical (unpaired) electrons. The van der Waals surface area contributed by atoms with Gasteiger partial charge in [0.2, 0.25) is 10.0 Å². The highest BCUT2D eigenvalue weighted by atomic mass is 32.2. The summed E-state index contributed by atoms with van der Waals surface area (Å²) in [7, 11) is -3.60. The molecule has 0 aromatic carbocycles. The maximum Gasteiger partial charge on any atom is 0.246 e. The van der Waals surface area contributed by atoms with E-state index in [-0.39, 0.29) is 0 Å². The van der Waals surface area contributed by atoms with Crippen LogP contribution >= 0.6 is 0 Å². The standard InChI is InChI=1S/C3H6NO2S/c1-2-3-7(4,5)6/h2-4H,1H3/b3-2-. The molecular formula is C3H6NO2S. The summed E-state index contributed by atoms with van der Waals surface area (Å²) in [6.07, 6.45) is 1.31. The predicted molar refractivity (Wildman–Crippen MR) is 26.8 cm³/mol. The normalized spacial score (nSPS) is 12.9. The van der Waals surface area contributed by atoms with E-state index in [1.54, 1.807) is 6.92 Å². The van der Waals surface area contributed by atoms with Crippen molar-refractivity contribution in [1.82, 2.24) is 5.14 Å². The largest absolute Gasteiger partial charge is 0.246 e. The molecule has 0 atom stereocenters. The molecule has 41 valence electrons. The molecule has 0 aliphatic rings. The van der Waals surface area contributed by atoms with E-state index in [4.69, 9.17) is 5.14 Å². The Balaban J connectivity index is 4.13. The van der Waals surface area contributed by atoms with Gasteiger partial charge in [-0.15, -0.1) is 5.14 Å². The molecule has 0 heterocycles. The number of hydrogen-bond donors (Lipinski definition) is 0. The third kappa shape index (κ3) is 5.65. The number of allylic oxidation sites excluding steroid dienone is 1. The van der Waals surface area contributed by atoms with Crippen LogP contribution in [-0.2, 0) is 10.0 Å². The van der Waals surface area contributed by atoms with Gasteiger partial charge in [0.15, 0.2) is 0 Å². The van der Waals surface area contributed by atoms with E-state index in [1.165, 1.54) is 6.08 Å². The minimum atomic E-state index is -3.60. The summed E-state index contributed by atoms with van der Waals surface area (Å²) in [4.78, 5) is 0. The van der Waals surface area contributed by atoms with Crippen LogP contribution in [0.2, 0.25) is 0 Å². The monoisotopic (exact) mass is 120 g/mol. The van der Waals surface area contributed by atoms with Crippen molar-refractivity contribution < 1.29 is 8.42 Å². The van der Waals surface area contributed by atoms with Crippen molar-refractivity contribution in [2.75, 3.05) is 0 Å². The van der Waals surface area contributed by atoms with Crippen molar-refractivity contribution >= 4 is 10.0 Å². The molecule has 0 unspecified atom stereocenters. The first kappa shape index (κ1) is 6.65. The first-order chi connectivity index (χ1) is 3.06. The quantitative estimate of drug-likeness (QED) is 0.494. The Morgan fingerprint density at radius 1 is 1.57 bits per heavy atom. The van der Waals surface area contributed by atoms with Gasteiger partial charge in [-0.05, 0) is 6.92 Å². The maximum absolute atomic E-state index is 9.81. The fourth-order valence-corrected chi connectivity index (χ4v) is 0.537. The molecule has 0 aliphatic carbocycles. The van der Waals surface area contributed by atoms with Crippen molar-refractivity contribution in [2.24, 2.45) is 0 Å². The van der Waals surface area contributed by atoms with E-state index in [2.05, 4.69) is 0 Å². The van der Waals surface area contributed by atoms with Gasteiger partial charge in [-0.2, -0.15) is 0 Å². The summed E-state index contributed by atoms with van der Waals surface area (Å²) < 4.78 is 19.6. The van der Waals surface area contributed by atoms with Crippen LogP contribution in [0.1, 0.15) is 6.92 Å². The topological polar surface area (TPSA) is 57.9 Å². The molecule has 0 spiro atoms. The molecule has 1 N–H and O–H groups in total. The highest BCUT2D eigenvalue weighted by Gasteiger charge is 1.89. The van der Waals surface area contributed by atoms with Crippen molar-refractivity contribution in [3.8, 4) is 0 Å². The first-order valence-corrected chi connectivity index (χ1v) is 3.23. The minimum absolute atomic E-state index is 0.826. The fourth-order valence-electron chi connectivity index (χ4n) is 0.179. The van der Waals surface area contributed by atoms with Crippen LogP contribution in [0.3, 0.4) is 0 Å². The van der Waals surface area contributed by atoms with Gasteiger partial charge in [0.05, 0.1) is 0 Å². The smallest absolute Gasteiger partial charge is 0.206 e. The van der Waals surface area contributed by atoms with E-state index in [0.29, 0.717) is 0 Å². The van der Waals surface area contributed by atoms with Gasteiger partial charge in [-0.25, -0.2) is 8.42 Å². The Labute approximate surface area is 42.9 Å². The molecule has 0 aromatic rings. The Morgan fingerprint density at radius 2 is 2.00 bits per heavy atom. The average molecular weight is 120 g/mol. The highest BCUT2D eigenvalue weighted by Crippen LogP contribution is 1.79. The lowest BCUT2D eigenvalue weighted by molar-refractivity contribution is 0.605. The van der Waals surface area contributed by atoms with Crippen LogP contribution in [0.5, 0.6) is 0 Å². The summed E-state index contributed by atoms with van der Waals surface area (Å²) in [5, 5.41) is 7.04. The van der Waals surface area contributed by atoms with E-state index < -0.39 is 10.0 Å². The molecule has 0 saturated carbocycles. The van der Waals surface area contributed by atoms with Crippen LogP contribution in [-0.4, -0.2) is 8.42 Å². The lowest BCUT2D eigenvalue weighted by Gasteiger charge is -1.76. The second-order valence-electron chi connectivity index (χ2n) is 1.01. The van der Waals surface area contributed by atoms with E-state index >= 15 is 0 Å². The van der Waals surface area contributed by atoms with Gasteiger partial charge in [-0.3, -0.25) is 0 Å². The highest BCUT2D eigenvalue weighted by molar-refractivity contribution is 7.91. The second-order valence-corrected chi connectivity index (χ2v) is 2.38. The van der Waals surface area contributed by atoms with E-state index in [9.17, 15) is 8.42 Å². The van der Waals surface area contributed by atoms with Gasteiger partial charge in [0, 0.05) is 5.41 Å². The Kier molecular flexibility index (Phi) is 1.98. The number of rotatable bonds is 1. The van der Waals surface area contributed by atoms with Gasteiger partial charge in [-0.1, -0.05) is 6.08 Å². The molecule has 0 amide bonds.